The van der Waals surface area contributed by atoms with Crippen LogP contribution in [0.4, 0.5) is 0 Å². The van der Waals surface area contributed by atoms with Crippen LogP contribution in [-0.4, -0.2) is 18.5 Å². The maximum Gasteiger partial charge on any atom is 0.133 e. The first-order valence-corrected chi connectivity index (χ1v) is 6.59. The Morgan fingerprint density at radius 2 is 1.84 bits per heavy atom. The Bertz CT molecular complexity index is 304. The van der Waals surface area contributed by atoms with Crippen LogP contribution < -0.4 is 10.8 Å². The van der Waals surface area contributed by atoms with Gasteiger partial charge >= 0.3 is 0 Å². The van der Waals surface area contributed by atoms with E-state index in [9.17, 15) is 0 Å². The maximum atomic E-state index is 5.24. The number of amidine groups is 1. The Labute approximate surface area is 118 Å². The first-order chi connectivity index (χ1) is 8.83. The topological polar surface area (TPSA) is 45.7 Å². The summed E-state index contributed by atoms with van der Waals surface area (Å²) in [4.78, 5) is 9.71. The minimum absolute atomic E-state index is 0.0588. The highest BCUT2D eigenvalue weighted by Crippen LogP contribution is 2.21. The molecule has 0 aliphatic heterocycles. The van der Waals surface area contributed by atoms with Crippen LogP contribution in [0.25, 0.3) is 0 Å². The van der Waals surface area contributed by atoms with Crippen LogP contribution in [0.1, 0.15) is 48.0 Å². The number of hydroxylamine groups is 1. The largest absolute Gasteiger partial charge is 0.368 e. The molecule has 0 unspecified atom stereocenters. The zero-order chi connectivity index (χ0) is 15.5. The summed E-state index contributed by atoms with van der Waals surface area (Å²) < 4.78 is 0. The van der Waals surface area contributed by atoms with E-state index in [2.05, 4.69) is 69.8 Å². The normalized spacial score (nSPS) is 11.5. The zero-order valence-electron chi connectivity index (χ0n) is 13.2. The van der Waals surface area contributed by atoms with E-state index < -0.39 is 0 Å². The minimum Gasteiger partial charge on any atom is -0.368 e. The molecule has 0 bridgehead atoms. The number of rotatable bonds is 7. The molecular formula is C15H29N3O. The lowest BCUT2D eigenvalue weighted by atomic mass is 9.89. The van der Waals surface area contributed by atoms with Gasteiger partial charge in [0.25, 0.3) is 0 Å². The fourth-order valence-electron chi connectivity index (χ4n) is 1.12. The summed E-state index contributed by atoms with van der Waals surface area (Å²) in [5.74, 6) is 1.46. The van der Waals surface area contributed by atoms with Crippen molar-refractivity contribution in [3.05, 3.63) is 12.4 Å². The molecule has 4 nitrogen and oxygen atoms in total. The van der Waals surface area contributed by atoms with E-state index in [4.69, 9.17) is 4.84 Å². The second kappa shape index (κ2) is 10.5. The summed E-state index contributed by atoms with van der Waals surface area (Å²) >= 11 is 0. The highest BCUT2D eigenvalue weighted by molar-refractivity contribution is 5.87. The number of terminal acetylenes is 1. The van der Waals surface area contributed by atoms with Crippen LogP contribution in [-0.2, 0) is 4.84 Å². The van der Waals surface area contributed by atoms with Gasteiger partial charge in [-0.05, 0) is 27.2 Å². The quantitative estimate of drug-likeness (QED) is 0.322. The molecule has 0 saturated carbocycles. The summed E-state index contributed by atoms with van der Waals surface area (Å²) in [6.45, 7) is 16.9. The van der Waals surface area contributed by atoms with Crippen LogP contribution in [0.5, 0.6) is 0 Å². The van der Waals surface area contributed by atoms with Crippen molar-refractivity contribution >= 4 is 5.84 Å². The molecule has 0 aliphatic rings. The van der Waals surface area contributed by atoms with Crippen molar-refractivity contribution < 1.29 is 4.84 Å². The van der Waals surface area contributed by atoms with E-state index in [1.165, 1.54) is 0 Å². The number of aliphatic imine (C=N–C) groups is 1. The Morgan fingerprint density at radius 1 is 1.32 bits per heavy atom. The van der Waals surface area contributed by atoms with Crippen LogP contribution in [0, 0.1) is 18.3 Å². The van der Waals surface area contributed by atoms with Gasteiger partial charge in [0.15, 0.2) is 0 Å². The first kappa shape index (κ1) is 19.9. The van der Waals surface area contributed by atoms with Crippen LogP contribution in [0.3, 0.4) is 0 Å². The monoisotopic (exact) mass is 267 g/mol. The van der Waals surface area contributed by atoms with E-state index in [1.54, 1.807) is 0 Å². The van der Waals surface area contributed by atoms with Crippen LogP contribution in [0.2, 0.25) is 0 Å². The minimum atomic E-state index is -0.0588. The highest BCUT2D eigenvalue weighted by atomic mass is 16.6. The standard InChI is InChI=1S/C13H27N3O.C2H2/c1-8-13(6,7)12(16-17-9-2)15-11(5)14-10(3)4;1-2/h10,14H,5,8-9H2,1-4,6-7H3,(H,15,16);1-2H. The van der Waals surface area contributed by atoms with E-state index in [-0.39, 0.29) is 5.41 Å². The molecule has 0 saturated heterocycles. The zero-order valence-corrected chi connectivity index (χ0v) is 13.2. The van der Waals surface area contributed by atoms with Crippen molar-refractivity contribution in [3.63, 3.8) is 0 Å². The van der Waals surface area contributed by atoms with Gasteiger partial charge in [-0.3, -0.25) is 10.3 Å². The summed E-state index contributed by atoms with van der Waals surface area (Å²) in [5.41, 5.74) is 2.86. The van der Waals surface area contributed by atoms with E-state index in [0.29, 0.717) is 18.5 Å². The molecule has 2 N–H and O–H groups in total. The van der Waals surface area contributed by atoms with Crippen molar-refractivity contribution in [2.24, 2.45) is 10.4 Å². The third-order valence-corrected chi connectivity index (χ3v) is 2.54. The van der Waals surface area contributed by atoms with Gasteiger partial charge < -0.3 is 5.32 Å². The average molecular weight is 267 g/mol. The second-order valence-corrected chi connectivity index (χ2v) is 4.98. The molecule has 0 aromatic carbocycles. The Balaban J connectivity index is 0. The van der Waals surface area contributed by atoms with Gasteiger partial charge in [-0.2, -0.15) is 0 Å². The van der Waals surface area contributed by atoms with Gasteiger partial charge in [-0.15, -0.1) is 12.8 Å². The number of hydrogen-bond acceptors (Lipinski definition) is 3. The van der Waals surface area contributed by atoms with E-state index in [1.807, 2.05) is 6.92 Å². The Kier molecular flexibility index (Phi) is 10.9. The third-order valence-electron chi connectivity index (χ3n) is 2.54. The van der Waals surface area contributed by atoms with E-state index in [0.717, 1.165) is 12.3 Å². The van der Waals surface area contributed by atoms with Crippen LogP contribution in [0.15, 0.2) is 17.4 Å². The molecule has 0 atom stereocenters. The Hall–Kier alpha value is -1.47. The van der Waals surface area contributed by atoms with Crippen molar-refractivity contribution in [1.29, 1.82) is 0 Å². The molecule has 0 amide bonds. The van der Waals surface area contributed by atoms with Gasteiger partial charge in [-0.1, -0.05) is 27.4 Å². The van der Waals surface area contributed by atoms with Crippen molar-refractivity contribution in [3.8, 4) is 12.8 Å². The number of nitrogens with zero attached hydrogens (tertiary/aromatic N) is 1. The SMILES string of the molecule is C#C.C=C(/N=C(/NOCC)C(C)(C)CC)NC(C)C. The molecule has 4 heteroatoms. The first-order valence-electron chi connectivity index (χ1n) is 6.59. The second-order valence-electron chi connectivity index (χ2n) is 4.98. The number of nitrogens with one attached hydrogen (secondary N) is 2. The van der Waals surface area contributed by atoms with Gasteiger partial charge in [0.2, 0.25) is 0 Å². The summed E-state index contributed by atoms with van der Waals surface area (Å²) in [5, 5.41) is 3.17. The van der Waals surface area contributed by atoms with Gasteiger partial charge in [0.05, 0.1) is 6.61 Å². The number of hydrogen-bond donors (Lipinski definition) is 2. The summed E-state index contributed by atoms with van der Waals surface area (Å²) in [6, 6.07) is 0.323. The average Bonchev–Trinajstić information content (AvgIpc) is 2.35. The lowest BCUT2D eigenvalue weighted by Gasteiger charge is -2.26. The summed E-state index contributed by atoms with van der Waals surface area (Å²) in [6.07, 6.45) is 8.97. The predicted octanol–water partition coefficient (Wildman–Crippen LogP) is 3.08. The van der Waals surface area contributed by atoms with E-state index >= 15 is 0 Å². The lowest BCUT2D eigenvalue weighted by Crippen LogP contribution is -2.37. The molecule has 0 rings (SSSR count). The predicted molar refractivity (Wildman–Crippen MR) is 83.6 cm³/mol. The molecule has 0 fully saturated rings. The fraction of sp³-hybridized carbons (Fsp3) is 0.667. The molecule has 0 radical (unpaired) electrons. The maximum absolute atomic E-state index is 5.24. The lowest BCUT2D eigenvalue weighted by molar-refractivity contribution is 0.0894. The smallest absolute Gasteiger partial charge is 0.133 e. The molecule has 0 spiro atoms. The molecule has 0 heterocycles. The molecule has 0 aromatic heterocycles. The molecule has 0 aromatic rings. The molecule has 110 valence electrons. The van der Waals surface area contributed by atoms with Gasteiger partial charge in [0.1, 0.15) is 11.7 Å². The van der Waals surface area contributed by atoms with Gasteiger partial charge in [0, 0.05) is 11.5 Å². The van der Waals surface area contributed by atoms with Crippen LogP contribution >= 0.6 is 0 Å². The van der Waals surface area contributed by atoms with Gasteiger partial charge in [-0.25, -0.2) is 4.99 Å². The third kappa shape index (κ3) is 9.15. The Morgan fingerprint density at radius 3 is 2.21 bits per heavy atom. The molecule has 19 heavy (non-hydrogen) atoms. The molecular weight excluding hydrogens is 238 g/mol. The van der Waals surface area contributed by atoms with Crippen molar-refractivity contribution in [2.75, 3.05) is 6.61 Å². The van der Waals surface area contributed by atoms with Crippen molar-refractivity contribution in [2.45, 2.75) is 54.0 Å². The summed E-state index contributed by atoms with van der Waals surface area (Å²) in [7, 11) is 0. The fourth-order valence-corrected chi connectivity index (χ4v) is 1.12. The van der Waals surface area contributed by atoms with Crippen molar-refractivity contribution in [1.82, 2.24) is 10.8 Å². The molecule has 0 aliphatic carbocycles. The highest BCUT2D eigenvalue weighted by Gasteiger charge is 2.23.